The van der Waals surface area contributed by atoms with E-state index in [-0.39, 0.29) is 11.5 Å². The first-order valence-corrected chi connectivity index (χ1v) is 9.27. The van der Waals surface area contributed by atoms with Gasteiger partial charge in [0.1, 0.15) is 0 Å². The van der Waals surface area contributed by atoms with Gasteiger partial charge in [-0.05, 0) is 55.8 Å². The molecule has 1 aromatic heterocycles. The number of nitrogens with one attached hydrogen (secondary N) is 1. The Bertz CT molecular complexity index is 1050. The molecule has 0 radical (unpaired) electrons. The van der Waals surface area contributed by atoms with Gasteiger partial charge >= 0.3 is 0 Å². The monoisotopic (exact) mass is 362 g/mol. The van der Waals surface area contributed by atoms with Crippen molar-refractivity contribution in [3.8, 4) is 0 Å². The fourth-order valence-electron chi connectivity index (χ4n) is 3.53. The van der Waals surface area contributed by atoms with Crippen molar-refractivity contribution in [2.75, 3.05) is 6.54 Å². The van der Waals surface area contributed by atoms with Crippen molar-refractivity contribution < 1.29 is 4.79 Å². The molecular weight excluding hydrogens is 336 g/mol. The highest BCUT2D eigenvalue weighted by Crippen LogP contribution is 2.18. The zero-order valence-electron chi connectivity index (χ0n) is 16.4. The van der Waals surface area contributed by atoms with Crippen LogP contribution in [0.1, 0.15) is 34.7 Å². The molecule has 1 N–H and O–H groups in total. The van der Waals surface area contributed by atoms with Gasteiger partial charge in [-0.15, -0.1) is 0 Å². The maximum atomic E-state index is 12.6. The number of carbonyl (C=O) groups excluding carboxylic acids is 1. The number of nitrogens with zero attached hydrogens (tertiary/aromatic N) is 1. The van der Waals surface area contributed by atoms with Crippen LogP contribution in [0.25, 0.3) is 10.9 Å². The third kappa shape index (κ3) is 4.45. The number of amides is 1. The molecule has 1 amide bonds. The highest BCUT2D eigenvalue weighted by atomic mass is 16.2. The van der Waals surface area contributed by atoms with E-state index >= 15 is 0 Å². The van der Waals surface area contributed by atoms with Crippen molar-refractivity contribution in [1.82, 2.24) is 9.88 Å². The third-order valence-corrected chi connectivity index (χ3v) is 4.93. The van der Waals surface area contributed by atoms with E-state index in [1.807, 2.05) is 26.0 Å². The minimum atomic E-state index is -0.128. The number of aromatic amines is 1. The first-order chi connectivity index (χ1) is 12.8. The van der Waals surface area contributed by atoms with Gasteiger partial charge in [0.15, 0.2) is 0 Å². The summed E-state index contributed by atoms with van der Waals surface area (Å²) < 4.78 is 0. The normalized spacial score (nSPS) is 11.0. The molecule has 0 saturated heterocycles. The minimum absolute atomic E-state index is 0.0254. The van der Waals surface area contributed by atoms with Gasteiger partial charge in [-0.1, -0.05) is 41.5 Å². The van der Waals surface area contributed by atoms with E-state index in [2.05, 4.69) is 42.2 Å². The molecule has 0 aliphatic heterocycles. The van der Waals surface area contributed by atoms with E-state index in [1.165, 1.54) is 11.1 Å². The van der Waals surface area contributed by atoms with Gasteiger partial charge in [-0.3, -0.25) is 9.59 Å². The molecular formula is C23H26N2O2. The fourth-order valence-corrected chi connectivity index (χ4v) is 3.53. The summed E-state index contributed by atoms with van der Waals surface area (Å²) in [7, 11) is 0. The number of fused-ring (bicyclic) bond motifs is 1. The predicted octanol–water partition coefficient (Wildman–Crippen LogP) is 4.04. The standard InChI is InChI=1S/C23H26N2O2/c1-15-6-5-7-19(11-15)8-9-25(18(4)26)14-21-13-20-12-16(2)10-17(3)22(20)24-23(21)27/h5-7,10-13H,8-9,14H2,1-4H3,(H,24,27). The lowest BCUT2D eigenvalue weighted by molar-refractivity contribution is -0.129. The number of hydrogen-bond acceptors (Lipinski definition) is 2. The summed E-state index contributed by atoms with van der Waals surface area (Å²) >= 11 is 0. The topological polar surface area (TPSA) is 53.2 Å². The maximum Gasteiger partial charge on any atom is 0.253 e. The van der Waals surface area contributed by atoms with E-state index < -0.39 is 0 Å². The van der Waals surface area contributed by atoms with Crippen LogP contribution in [0.3, 0.4) is 0 Å². The van der Waals surface area contributed by atoms with Gasteiger partial charge in [0.2, 0.25) is 5.91 Å². The number of aryl methyl sites for hydroxylation is 3. The number of carbonyl (C=O) groups is 1. The highest BCUT2D eigenvalue weighted by Gasteiger charge is 2.13. The lowest BCUT2D eigenvalue weighted by atomic mass is 10.0. The van der Waals surface area contributed by atoms with Gasteiger partial charge < -0.3 is 9.88 Å². The fraction of sp³-hybridized carbons (Fsp3) is 0.304. The van der Waals surface area contributed by atoms with Crippen molar-refractivity contribution in [2.45, 2.75) is 40.7 Å². The van der Waals surface area contributed by atoms with Crippen LogP contribution in [0.15, 0.2) is 47.3 Å². The summed E-state index contributed by atoms with van der Waals surface area (Å²) in [5.41, 5.74) is 5.96. The van der Waals surface area contributed by atoms with Gasteiger partial charge in [0, 0.05) is 19.0 Å². The summed E-state index contributed by atoms with van der Waals surface area (Å²) in [6.07, 6.45) is 0.769. The van der Waals surface area contributed by atoms with Gasteiger partial charge in [-0.25, -0.2) is 0 Å². The Labute approximate surface area is 159 Å². The molecule has 140 valence electrons. The van der Waals surface area contributed by atoms with Gasteiger partial charge in [0.05, 0.1) is 12.1 Å². The molecule has 0 fully saturated rings. The quantitative estimate of drug-likeness (QED) is 0.745. The Morgan fingerprint density at radius 1 is 1.04 bits per heavy atom. The lowest BCUT2D eigenvalue weighted by Gasteiger charge is -2.21. The average Bonchev–Trinajstić information content (AvgIpc) is 2.59. The van der Waals surface area contributed by atoms with Crippen LogP contribution in [0.2, 0.25) is 0 Å². The van der Waals surface area contributed by atoms with Crippen LogP contribution < -0.4 is 5.56 Å². The molecule has 2 aromatic carbocycles. The Morgan fingerprint density at radius 2 is 1.81 bits per heavy atom. The van der Waals surface area contributed by atoms with Crippen LogP contribution in [-0.2, 0) is 17.8 Å². The van der Waals surface area contributed by atoms with E-state index in [0.29, 0.717) is 18.7 Å². The van der Waals surface area contributed by atoms with Crippen LogP contribution in [0.5, 0.6) is 0 Å². The number of benzene rings is 2. The molecule has 0 aliphatic carbocycles. The van der Waals surface area contributed by atoms with Crippen molar-refractivity contribution in [3.63, 3.8) is 0 Å². The molecule has 27 heavy (non-hydrogen) atoms. The maximum absolute atomic E-state index is 12.6. The summed E-state index contributed by atoms with van der Waals surface area (Å²) in [4.78, 5) is 29.4. The summed E-state index contributed by atoms with van der Waals surface area (Å²) in [6, 6.07) is 14.3. The second-order valence-electron chi connectivity index (χ2n) is 7.35. The van der Waals surface area contributed by atoms with E-state index in [9.17, 15) is 9.59 Å². The smallest absolute Gasteiger partial charge is 0.253 e. The van der Waals surface area contributed by atoms with Crippen LogP contribution in [0.4, 0.5) is 0 Å². The van der Waals surface area contributed by atoms with Crippen molar-refractivity contribution in [3.05, 3.63) is 80.6 Å². The molecule has 0 saturated carbocycles. The zero-order valence-corrected chi connectivity index (χ0v) is 16.4. The van der Waals surface area contributed by atoms with E-state index in [4.69, 9.17) is 0 Å². The Balaban J connectivity index is 1.85. The third-order valence-electron chi connectivity index (χ3n) is 4.93. The summed E-state index contributed by atoms with van der Waals surface area (Å²) in [6.45, 7) is 8.56. The molecule has 3 rings (SSSR count). The zero-order chi connectivity index (χ0) is 19.6. The molecule has 0 aliphatic rings. The van der Waals surface area contributed by atoms with Crippen LogP contribution >= 0.6 is 0 Å². The van der Waals surface area contributed by atoms with Crippen LogP contribution in [-0.4, -0.2) is 22.3 Å². The largest absolute Gasteiger partial charge is 0.338 e. The number of pyridine rings is 1. The van der Waals surface area contributed by atoms with Crippen molar-refractivity contribution >= 4 is 16.8 Å². The first-order valence-electron chi connectivity index (χ1n) is 9.27. The number of rotatable bonds is 5. The van der Waals surface area contributed by atoms with E-state index in [0.717, 1.165) is 28.5 Å². The van der Waals surface area contributed by atoms with Gasteiger partial charge in [0.25, 0.3) is 5.56 Å². The Kier molecular flexibility index (Phi) is 5.45. The van der Waals surface area contributed by atoms with Gasteiger partial charge in [-0.2, -0.15) is 0 Å². The highest BCUT2D eigenvalue weighted by molar-refractivity contribution is 5.83. The molecule has 0 atom stereocenters. The number of hydrogen-bond donors (Lipinski definition) is 1. The molecule has 0 bridgehead atoms. The molecule has 3 aromatic rings. The van der Waals surface area contributed by atoms with Crippen LogP contribution in [0, 0.1) is 20.8 Å². The number of aromatic nitrogens is 1. The average molecular weight is 362 g/mol. The molecule has 0 spiro atoms. The van der Waals surface area contributed by atoms with Crippen molar-refractivity contribution in [1.29, 1.82) is 0 Å². The lowest BCUT2D eigenvalue weighted by Crippen LogP contribution is -2.32. The number of H-pyrrole nitrogens is 1. The first kappa shape index (κ1) is 18.9. The van der Waals surface area contributed by atoms with Crippen molar-refractivity contribution in [2.24, 2.45) is 0 Å². The second-order valence-corrected chi connectivity index (χ2v) is 7.35. The Hall–Kier alpha value is -2.88. The molecule has 4 nitrogen and oxygen atoms in total. The second kappa shape index (κ2) is 7.78. The summed E-state index contributed by atoms with van der Waals surface area (Å²) in [5, 5.41) is 1.00. The molecule has 1 heterocycles. The summed E-state index contributed by atoms with van der Waals surface area (Å²) in [5.74, 6) is -0.0254. The Morgan fingerprint density at radius 3 is 2.52 bits per heavy atom. The molecule has 4 heteroatoms. The SMILES string of the molecule is CC(=O)N(CCc1cccc(C)c1)Cc1cc2cc(C)cc(C)c2[nH]c1=O. The molecule has 0 unspecified atom stereocenters. The predicted molar refractivity (Wildman–Crippen MR) is 110 cm³/mol. The minimum Gasteiger partial charge on any atom is -0.338 e. The van der Waals surface area contributed by atoms with E-state index in [1.54, 1.807) is 11.8 Å².